The smallest absolute Gasteiger partial charge is 0.387 e. The van der Waals surface area contributed by atoms with E-state index in [9.17, 15) is 13.6 Å². The molecular weight excluding hydrogens is 322 g/mol. The van der Waals surface area contributed by atoms with Crippen molar-refractivity contribution in [2.45, 2.75) is 38.5 Å². The Morgan fingerprint density at radius 2 is 2.12 bits per heavy atom. The second-order valence-corrected chi connectivity index (χ2v) is 5.51. The number of para-hydroxylation sites is 1. The Balaban J connectivity index is 2.10. The molecule has 2 rings (SSSR count). The Morgan fingerprint density at radius 3 is 2.75 bits per heavy atom. The van der Waals surface area contributed by atoms with E-state index in [2.05, 4.69) is 10.1 Å². The average Bonchev–Trinajstić information content (AvgIpc) is 2.55. The molecule has 8 heteroatoms. The SMILES string of the molecule is CCOc1cccc(CNC(=O)C2(N)CCOCC2)c1OC(F)F. The molecule has 134 valence electrons. The molecule has 1 saturated heterocycles. The zero-order valence-corrected chi connectivity index (χ0v) is 13.5. The number of rotatable bonds is 7. The molecule has 0 unspecified atom stereocenters. The number of carbonyl (C=O) groups is 1. The van der Waals surface area contributed by atoms with Gasteiger partial charge in [0, 0.05) is 25.3 Å². The van der Waals surface area contributed by atoms with Crippen molar-refractivity contribution in [2.75, 3.05) is 19.8 Å². The van der Waals surface area contributed by atoms with E-state index < -0.39 is 12.2 Å². The van der Waals surface area contributed by atoms with Crippen molar-refractivity contribution in [1.29, 1.82) is 0 Å². The first-order valence-corrected chi connectivity index (χ1v) is 7.80. The van der Waals surface area contributed by atoms with Crippen molar-refractivity contribution < 1.29 is 27.8 Å². The summed E-state index contributed by atoms with van der Waals surface area (Å²) in [6, 6.07) is 4.78. The first-order valence-electron chi connectivity index (χ1n) is 7.80. The van der Waals surface area contributed by atoms with Crippen LogP contribution in [0.2, 0.25) is 0 Å². The molecule has 1 aromatic carbocycles. The van der Waals surface area contributed by atoms with E-state index in [4.69, 9.17) is 15.2 Å². The highest BCUT2D eigenvalue weighted by Crippen LogP contribution is 2.33. The van der Waals surface area contributed by atoms with Crippen molar-refractivity contribution in [3.05, 3.63) is 23.8 Å². The molecule has 1 fully saturated rings. The van der Waals surface area contributed by atoms with Crippen LogP contribution >= 0.6 is 0 Å². The van der Waals surface area contributed by atoms with E-state index in [1.807, 2.05) is 0 Å². The lowest BCUT2D eigenvalue weighted by Crippen LogP contribution is -2.56. The first kappa shape index (κ1) is 18.4. The second-order valence-electron chi connectivity index (χ2n) is 5.51. The number of nitrogens with two attached hydrogens (primary N) is 1. The Bertz CT molecular complexity index is 563. The molecule has 1 aromatic rings. The quantitative estimate of drug-likeness (QED) is 0.788. The fraction of sp³-hybridized carbons (Fsp3) is 0.562. The fourth-order valence-electron chi connectivity index (χ4n) is 2.51. The van der Waals surface area contributed by atoms with E-state index in [0.29, 0.717) is 38.2 Å². The Labute approximate surface area is 139 Å². The van der Waals surface area contributed by atoms with Crippen LogP contribution in [0.15, 0.2) is 18.2 Å². The van der Waals surface area contributed by atoms with Gasteiger partial charge in [0.2, 0.25) is 5.91 Å². The predicted octanol–water partition coefficient (Wildman–Crippen LogP) is 1.81. The summed E-state index contributed by atoms with van der Waals surface area (Å²) >= 11 is 0. The molecule has 24 heavy (non-hydrogen) atoms. The number of benzene rings is 1. The topological polar surface area (TPSA) is 82.8 Å². The molecule has 6 nitrogen and oxygen atoms in total. The largest absolute Gasteiger partial charge is 0.490 e. The number of nitrogens with one attached hydrogen (secondary N) is 1. The lowest BCUT2D eigenvalue weighted by molar-refractivity contribution is -0.129. The Kier molecular flexibility index (Phi) is 6.33. The molecule has 1 aliphatic heterocycles. The summed E-state index contributed by atoms with van der Waals surface area (Å²) in [6.45, 7) is -0.0859. The highest BCUT2D eigenvalue weighted by Gasteiger charge is 2.35. The van der Waals surface area contributed by atoms with Crippen molar-refractivity contribution in [3.63, 3.8) is 0 Å². The van der Waals surface area contributed by atoms with Crippen LogP contribution < -0.4 is 20.5 Å². The van der Waals surface area contributed by atoms with E-state index in [0.717, 1.165) is 0 Å². The number of alkyl halides is 2. The summed E-state index contributed by atoms with van der Waals surface area (Å²) in [7, 11) is 0. The zero-order chi connectivity index (χ0) is 17.6. The molecular formula is C16H22F2N2O4. The number of hydrogen-bond acceptors (Lipinski definition) is 5. The minimum atomic E-state index is -2.99. The Hall–Kier alpha value is -1.93. The van der Waals surface area contributed by atoms with Gasteiger partial charge >= 0.3 is 6.61 Å². The van der Waals surface area contributed by atoms with Crippen LogP contribution in [0.25, 0.3) is 0 Å². The normalized spacial score (nSPS) is 16.7. The molecule has 0 bridgehead atoms. The van der Waals surface area contributed by atoms with Gasteiger partial charge in [0.1, 0.15) is 0 Å². The lowest BCUT2D eigenvalue weighted by atomic mass is 9.90. The van der Waals surface area contributed by atoms with Crippen LogP contribution in [0.1, 0.15) is 25.3 Å². The van der Waals surface area contributed by atoms with E-state index >= 15 is 0 Å². The van der Waals surface area contributed by atoms with Crippen molar-refractivity contribution in [2.24, 2.45) is 5.73 Å². The van der Waals surface area contributed by atoms with Gasteiger partial charge < -0.3 is 25.3 Å². The molecule has 1 aliphatic rings. The summed E-state index contributed by atoms with van der Waals surface area (Å²) in [5, 5.41) is 2.69. The molecule has 0 aromatic heterocycles. The average molecular weight is 344 g/mol. The third-order valence-electron chi connectivity index (χ3n) is 3.84. The lowest BCUT2D eigenvalue weighted by Gasteiger charge is -2.31. The van der Waals surface area contributed by atoms with Crippen LogP contribution in [0.5, 0.6) is 11.5 Å². The second kappa shape index (κ2) is 8.25. The standard InChI is InChI=1S/C16H22F2N2O4/c1-2-23-12-5-3-4-11(13(12)24-15(17)18)10-20-14(21)16(19)6-8-22-9-7-16/h3-5,15H,2,6-10,19H2,1H3,(H,20,21). The van der Waals surface area contributed by atoms with Crippen LogP contribution in [-0.4, -0.2) is 37.9 Å². The van der Waals surface area contributed by atoms with Crippen molar-refractivity contribution >= 4 is 5.91 Å². The highest BCUT2D eigenvalue weighted by atomic mass is 19.3. The molecule has 0 radical (unpaired) electrons. The highest BCUT2D eigenvalue weighted by molar-refractivity contribution is 5.86. The van der Waals surface area contributed by atoms with Gasteiger partial charge in [0.05, 0.1) is 12.1 Å². The fourth-order valence-corrected chi connectivity index (χ4v) is 2.51. The molecule has 3 N–H and O–H groups in total. The van der Waals surface area contributed by atoms with Gasteiger partial charge in [-0.25, -0.2) is 0 Å². The van der Waals surface area contributed by atoms with Gasteiger partial charge in [-0.3, -0.25) is 4.79 Å². The summed E-state index contributed by atoms with van der Waals surface area (Å²) in [5.74, 6) is -0.207. The number of halogens is 2. The third kappa shape index (κ3) is 4.55. The van der Waals surface area contributed by atoms with Gasteiger partial charge in [-0.1, -0.05) is 12.1 Å². The summed E-state index contributed by atoms with van der Waals surface area (Å²) in [5.41, 5.74) is 5.49. The van der Waals surface area contributed by atoms with Crippen LogP contribution in [-0.2, 0) is 16.1 Å². The summed E-state index contributed by atoms with van der Waals surface area (Å²) < 4.78 is 40.4. The van der Waals surface area contributed by atoms with E-state index in [1.54, 1.807) is 19.1 Å². The number of ether oxygens (including phenoxy) is 3. The summed E-state index contributed by atoms with van der Waals surface area (Å²) in [4.78, 5) is 12.3. The van der Waals surface area contributed by atoms with Crippen molar-refractivity contribution in [3.8, 4) is 11.5 Å². The molecule has 0 aliphatic carbocycles. The van der Waals surface area contributed by atoms with Gasteiger partial charge in [-0.2, -0.15) is 8.78 Å². The van der Waals surface area contributed by atoms with Gasteiger partial charge in [0.15, 0.2) is 11.5 Å². The molecule has 1 amide bonds. The third-order valence-corrected chi connectivity index (χ3v) is 3.84. The predicted molar refractivity (Wildman–Crippen MR) is 83.1 cm³/mol. The summed E-state index contributed by atoms with van der Waals surface area (Å²) in [6.07, 6.45) is 0.830. The first-order chi connectivity index (χ1) is 11.5. The van der Waals surface area contributed by atoms with E-state index in [1.165, 1.54) is 6.07 Å². The molecule has 0 atom stereocenters. The monoisotopic (exact) mass is 344 g/mol. The van der Waals surface area contributed by atoms with Crippen molar-refractivity contribution in [1.82, 2.24) is 5.32 Å². The maximum absolute atomic E-state index is 12.7. The number of amides is 1. The maximum atomic E-state index is 12.7. The maximum Gasteiger partial charge on any atom is 0.387 e. The van der Waals surface area contributed by atoms with E-state index in [-0.39, 0.29) is 24.0 Å². The minimum Gasteiger partial charge on any atom is -0.490 e. The Morgan fingerprint density at radius 1 is 1.42 bits per heavy atom. The van der Waals surface area contributed by atoms with Gasteiger partial charge in [-0.15, -0.1) is 0 Å². The number of hydrogen-bond donors (Lipinski definition) is 2. The minimum absolute atomic E-state index is 0.0155. The molecule has 0 saturated carbocycles. The molecule has 0 spiro atoms. The zero-order valence-electron chi connectivity index (χ0n) is 13.5. The van der Waals surface area contributed by atoms with Crippen LogP contribution in [0.3, 0.4) is 0 Å². The molecule has 1 heterocycles. The van der Waals surface area contributed by atoms with Crippen LogP contribution in [0.4, 0.5) is 8.78 Å². The van der Waals surface area contributed by atoms with Crippen LogP contribution in [0, 0.1) is 0 Å². The van der Waals surface area contributed by atoms with Gasteiger partial charge in [-0.05, 0) is 25.8 Å². The number of carbonyl (C=O) groups excluding carboxylic acids is 1. The van der Waals surface area contributed by atoms with Gasteiger partial charge in [0.25, 0.3) is 0 Å².